The SMILES string of the molecule is CC(NC(=O)C(c1ccccc1)c1ccccc1)C1CC1. The Morgan fingerprint density at radius 3 is 1.86 bits per heavy atom. The second kappa shape index (κ2) is 6.13. The molecule has 2 heteroatoms. The summed E-state index contributed by atoms with van der Waals surface area (Å²) < 4.78 is 0. The molecule has 1 atom stereocenters. The quantitative estimate of drug-likeness (QED) is 0.887. The van der Waals surface area contributed by atoms with Gasteiger partial charge in [0.2, 0.25) is 5.91 Å². The van der Waals surface area contributed by atoms with Crippen LogP contribution in [-0.4, -0.2) is 11.9 Å². The molecule has 108 valence electrons. The Bertz CT molecular complexity index is 550. The van der Waals surface area contributed by atoms with E-state index >= 15 is 0 Å². The van der Waals surface area contributed by atoms with Gasteiger partial charge in [-0.25, -0.2) is 0 Å². The fraction of sp³-hybridized carbons (Fsp3) is 0.316. The van der Waals surface area contributed by atoms with Crippen molar-refractivity contribution in [1.29, 1.82) is 0 Å². The molecule has 1 aliphatic rings. The van der Waals surface area contributed by atoms with E-state index in [0.717, 1.165) is 11.1 Å². The van der Waals surface area contributed by atoms with E-state index in [4.69, 9.17) is 0 Å². The first-order valence-corrected chi connectivity index (χ1v) is 7.66. The van der Waals surface area contributed by atoms with E-state index in [1.54, 1.807) is 0 Å². The van der Waals surface area contributed by atoms with E-state index in [0.29, 0.717) is 5.92 Å². The largest absolute Gasteiger partial charge is 0.353 e. The van der Waals surface area contributed by atoms with E-state index in [1.165, 1.54) is 12.8 Å². The van der Waals surface area contributed by atoms with Crippen molar-refractivity contribution in [3.05, 3.63) is 71.8 Å². The van der Waals surface area contributed by atoms with Crippen LogP contribution >= 0.6 is 0 Å². The number of carbonyl (C=O) groups is 1. The van der Waals surface area contributed by atoms with Crippen molar-refractivity contribution in [2.75, 3.05) is 0 Å². The topological polar surface area (TPSA) is 29.1 Å². The highest BCUT2D eigenvalue weighted by Crippen LogP contribution is 2.33. The number of benzene rings is 2. The van der Waals surface area contributed by atoms with E-state index in [9.17, 15) is 4.79 Å². The summed E-state index contributed by atoms with van der Waals surface area (Å²) in [5.74, 6) is 0.543. The Kier molecular flexibility index (Phi) is 4.05. The Hall–Kier alpha value is -2.09. The summed E-state index contributed by atoms with van der Waals surface area (Å²) in [5, 5.41) is 3.20. The Balaban J connectivity index is 1.87. The minimum absolute atomic E-state index is 0.104. The van der Waals surface area contributed by atoms with Gasteiger partial charge in [0.1, 0.15) is 0 Å². The smallest absolute Gasteiger partial charge is 0.232 e. The number of nitrogens with one attached hydrogen (secondary N) is 1. The minimum atomic E-state index is -0.228. The number of carbonyl (C=O) groups excluding carboxylic acids is 1. The second-order valence-corrected chi connectivity index (χ2v) is 5.89. The first kappa shape index (κ1) is 13.9. The molecule has 2 aromatic rings. The van der Waals surface area contributed by atoms with Crippen molar-refractivity contribution >= 4 is 5.91 Å². The van der Waals surface area contributed by atoms with Gasteiger partial charge in [-0.2, -0.15) is 0 Å². The second-order valence-electron chi connectivity index (χ2n) is 5.89. The summed E-state index contributed by atoms with van der Waals surface area (Å²) in [5.41, 5.74) is 2.09. The standard InChI is InChI=1S/C19H21NO/c1-14(15-12-13-15)20-19(21)18(16-8-4-2-5-9-16)17-10-6-3-7-11-17/h2-11,14-15,18H,12-13H2,1H3,(H,20,21). The molecule has 0 aromatic heterocycles. The van der Waals surface area contributed by atoms with Gasteiger partial charge in [0.05, 0.1) is 5.92 Å². The van der Waals surface area contributed by atoms with Crippen LogP contribution in [0.15, 0.2) is 60.7 Å². The van der Waals surface area contributed by atoms with Crippen LogP contribution in [0.25, 0.3) is 0 Å². The van der Waals surface area contributed by atoms with Crippen molar-refractivity contribution in [3.63, 3.8) is 0 Å². The van der Waals surface area contributed by atoms with Crippen molar-refractivity contribution < 1.29 is 4.79 Å². The predicted molar refractivity (Wildman–Crippen MR) is 85.1 cm³/mol. The zero-order chi connectivity index (χ0) is 14.7. The maximum Gasteiger partial charge on any atom is 0.232 e. The molecule has 0 bridgehead atoms. The molecule has 1 fully saturated rings. The first-order valence-electron chi connectivity index (χ1n) is 7.66. The molecule has 0 aliphatic heterocycles. The lowest BCUT2D eigenvalue weighted by Crippen LogP contribution is -2.37. The lowest BCUT2D eigenvalue weighted by atomic mass is 9.90. The van der Waals surface area contributed by atoms with Gasteiger partial charge in [-0.15, -0.1) is 0 Å². The van der Waals surface area contributed by atoms with E-state index in [2.05, 4.69) is 12.2 Å². The zero-order valence-electron chi connectivity index (χ0n) is 12.3. The predicted octanol–water partition coefficient (Wildman–Crippen LogP) is 3.73. The Labute approximate surface area is 126 Å². The van der Waals surface area contributed by atoms with Gasteiger partial charge >= 0.3 is 0 Å². The highest BCUT2D eigenvalue weighted by atomic mass is 16.1. The maximum atomic E-state index is 12.8. The summed E-state index contributed by atoms with van der Waals surface area (Å²) >= 11 is 0. The molecule has 1 saturated carbocycles. The summed E-state index contributed by atoms with van der Waals surface area (Å²) in [6.07, 6.45) is 2.48. The summed E-state index contributed by atoms with van der Waals surface area (Å²) in [7, 11) is 0. The van der Waals surface area contributed by atoms with Crippen LogP contribution in [0.1, 0.15) is 36.8 Å². The Morgan fingerprint density at radius 1 is 0.952 bits per heavy atom. The number of hydrogen-bond donors (Lipinski definition) is 1. The highest BCUT2D eigenvalue weighted by molar-refractivity contribution is 5.87. The summed E-state index contributed by atoms with van der Waals surface area (Å²) in [6, 6.07) is 20.3. The molecule has 3 rings (SSSR count). The first-order chi connectivity index (χ1) is 10.3. The van der Waals surface area contributed by atoms with Crippen molar-refractivity contribution in [3.8, 4) is 0 Å². The molecule has 0 heterocycles. The van der Waals surface area contributed by atoms with Gasteiger partial charge in [0.25, 0.3) is 0 Å². The van der Waals surface area contributed by atoms with Crippen LogP contribution in [0.5, 0.6) is 0 Å². The third-order valence-corrected chi connectivity index (χ3v) is 4.23. The molecule has 1 unspecified atom stereocenters. The molecule has 2 aromatic carbocycles. The average molecular weight is 279 g/mol. The van der Waals surface area contributed by atoms with Gasteiger partial charge < -0.3 is 5.32 Å². The highest BCUT2D eigenvalue weighted by Gasteiger charge is 2.31. The molecular weight excluding hydrogens is 258 g/mol. The molecule has 1 amide bonds. The lowest BCUT2D eigenvalue weighted by Gasteiger charge is -2.21. The van der Waals surface area contributed by atoms with E-state index in [-0.39, 0.29) is 17.9 Å². The molecule has 2 nitrogen and oxygen atoms in total. The monoisotopic (exact) mass is 279 g/mol. The fourth-order valence-electron chi connectivity index (χ4n) is 2.81. The van der Waals surface area contributed by atoms with Crippen LogP contribution in [0.2, 0.25) is 0 Å². The Morgan fingerprint density at radius 2 is 1.43 bits per heavy atom. The summed E-state index contributed by atoms with van der Waals surface area (Å²) in [6.45, 7) is 2.11. The molecule has 1 N–H and O–H groups in total. The van der Waals surface area contributed by atoms with Crippen LogP contribution in [-0.2, 0) is 4.79 Å². The third kappa shape index (κ3) is 3.33. The normalized spacial score (nSPS) is 15.7. The van der Waals surface area contributed by atoms with Crippen LogP contribution in [0, 0.1) is 5.92 Å². The molecule has 0 saturated heterocycles. The van der Waals surface area contributed by atoms with Crippen molar-refractivity contribution in [2.45, 2.75) is 31.7 Å². The van der Waals surface area contributed by atoms with Gasteiger partial charge in [0.15, 0.2) is 0 Å². The third-order valence-electron chi connectivity index (χ3n) is 4.23. The van der Waals surface area contributed by atoms with Gasteiger partial charge in [-0.3, -0.25) is 4.79 Å². The van der Waals surface area contributed by atoms with E-state index in [1.807, 2.05) is 60.7 Å². The van der Waals surface area contributed by atoms with Gasteiger partial charge in [-0.1, -0.05) is 60.7 Å². The summed E-state index contributed by atoms with van der Waals surface area (Å²) in [4.78, 5) is 12.8. The van der Waals surface area contributed by atoms with Gasteiger partial charge in [0, 0.05) is 6.04 Å². The minimum Gasteiger partial charge on any atom is -0.353 e. The zero-order valence-corrected chi connectivity index (χ0v) is 12.3. The molecule has 21 heavy (non-hydrogen) atoms. The van der Waals surface area contributed by atoms with Crippen LogP contribution in [0.4, 0.5) is 0 Å². The molecule has 0 spiro atoms. The van der Waals surface area contributed by atoms with Crippen molar-refractivity contribution in [1.82, 2.24) is 5.32 Å². The van der Waals surface area contributed by atoms with E-state index < -0.39 is 0 Å². The average Bonchev–Trinajstić information content (AvgIpc) is 3.34. The number of hydrogen-bond acceptors (Lipinski definition) is 1. The number of rotatable bonds is 5. The molecular formula is C19H21NO. The molecule has 1 aliphatic carbocycles. The van der Waals surface area contributed by atoms with Gasteiger partial charge in [-0.05, 0) is 36.8 Å². The number of amides is 1. The maximum absolute atomic E-state index is 12.8. The van der Waals surface area contributed by atoms with Crippen molar-refractivity contribution in [2.24, 2.45) is 5.92 Å². The lowest BCUT2D eigenvalue weighted by molar-refractivity contribution is -0.122. The van der Waals surface area contributed by atoms with Crippen LogP contribution < -0.4 is 5.32 Å². The fourth-order valence-corrected chi connectivity index (χ4v) is 2.81. The van der Waals surface area contributed by atoms with Crippen LogP contribution in [0.3, 0.4) is 0 Å². The molecule has 0 radical (unpaired) electrons.